The Morgan fingerprint density at radius 1 is 0.634 bits per heavy atom. The zero-order chi connectivity index (χ0) is 30.6. The van der Waals surface area contributed by atoms with Gasteiger partial charge in [-0.05, 0) is 38.5 Å². The standard InChI is InChI=1S/C33H65NO6S/c1-3-5-7-9-11-13-15-16-17-18-20-22-24-26-28-32(36)33(37)34-30(29-41(38,39)40)31(35)27-25-23-21-19-14-12-10-8-6-4-2/h13,15,30-32,35-36H,3-12,14,16-29H2,1-2H3,(H,34,37)(H,38,39,40)/b15-13-. The molecule has 0 aliphatic rings. The monoisotopic (exact) mass is 603 g/mol. The van der Waals surface area contributed by atoms with E-state index in [1.807, 2.05) is 0 Å². The fourth-order valence-corrected chi connectivity index (χ4v) is 5.92. The van der Waals surface area contributed by atoms with Gasteiger partial charge >= 0.3 is 0 Å². The molecule has 0 aliphatic carbocycles. The fraction of sp³-hybridized carbons (Fsp3) is 0.909. The molecule has 3 unspecified atom stereocenters. The van der Waals surface area contributed by atoms with E-state index in [2.05, 4.69) is 31.3 Å². The van der Waals surface area contributed by atoms with Crippen LogP contribution in [0.3, 0.4) is 0 Å². The molecule has 0 aromatic carbocycles. The first-order valence-corrected chi connectivity index (χ1v) is 18.6. The van der Waals surface area contributed by atoms with E-state index in [1.165, 1.54) is 83.5 Å². The van der Waals surface area contributed by atoms with Crippen LogP contribution in [0.4, 0.5) is 0 Å². The van der Waals surface area contributed by atoms with Crippen molar-refractivity contribution in [2.24, 2.45) is 0 Å². The number of aliphatic hydroxyl groups excluding tert-OH is 2. The van der Waals surface area contributed by atoms with Gasteiger partial charge in [0, 0.05) is 0 Å². The van der Waals surface area contributed by atoms with Crippen LogP contribution in [0.15, 0.2) is 12.2 Å². The van der Waals surface area contributed by atoms with Crippen molar-refractivity contribution in [2.75, 3.05) is 5.75 Å². The first-order valence-electron chi connectivity index (χ1n) is 17.0. The number of allylic oxidation sites excluding steroid dienone is 2. The highest BCUT2D eigenvalue weighted by atomic mass is 32.2. The van der Waals surface area contributed by atoms with E-state index >= 15 is 0 Å². The summed E-state index contributed by atoms with van der Waals surface area (Å²) in [6.45, 7) is 4.44. The van der Waals surface area contributed by atoms with Crippen molar-refractivity contribution in [3.05, 3.63) is 12.2 Å². The van der Waals surface area contributed by atoms with Gasteiger partial charge in [-0.1, -0.05) is 142 Å². The van der Waals surface area contributed by atoms with Crippen LogP contribution in [0.25, 0.3) is 0 Å². The highest BCUT2D eigenvalue weighted by Gasteiger charge is 2.28. The quantitative estimate of drug-likeness (QED) is 0.0374. The van der Waals surface area contributed by atoms with Gasteiger partial charge in [0.2, 0.25) is 5.91 Å². The van der Waals surface area contributed by atoms with Crippen molar-refractivity contribution in [1.82, 2.24) is 5.32 Å². The van der Waals surface area contributed by atoms with Gasteiger partial charge in [0.05, 0.1) is 17.9 Å². The zero-order valence-electron chi connectivity index (χ0n) is 26.5. The van der Waals surface area contributed by atoms with Crippen molar-refractivity contribution >= 4 is 16.0 Å². The largest absolute Gasteiger partial charge is 0.391 e. The molecule has 0 spiro atoms. The van der Waals surface area contributed by atoms with Gasteiger partial charge in [-0.3, -0.25) is 9.35 Å². The van der Waals surface area contributed by atoms with E-state index in [-0.39, 0.29) is 0 Å². The molecule has 3 atom stereocenters. The number of hydrogen-bond acceptors (Lipinski definition) is 5. The lowest BCUT2D eigenvalue weighted by Crippen LogP contribution is -2.50. The average molecular weight is 604 g/mol. The molecule has 244 valence electrons. The van der Waals surface area contributed by atoms with E-state index < -0.39 is 40.0 Å². The summed E-state index contributed by atoms with van der Waals surface area (Å²) in [5.74, 6) is -1.46. The SMILES string of the molecule is CCCCCC/C=C\CCCCCCCCC(O)C(=O)NC(CS(=O)(=O)O)C(O)CCCCCCCCCCCC. The second kappa shape index (κ2) is 27.8. The van der Waals surface area contributed by atoms with Crippen LogP contribution in [0, 0.1) is 0 Å². The molecule has 0 saturated carbocycles. The Kier molecular flexibility index (Phi) is 27.2. The smallest absolute Gasteiger partial charge is 0.266 e. The minimum absolute atomic E-state index is 0.291. The number of aliphatic hydroxyl groups is 2. The molecule has 0 aromatic heterocycles. The van der Waals surface area contributed by atoms with E-state index in [1.54, 1.807) is 0 Å². The lowest BCUT2D eigenvalue weighted by molar-refractivity contribution is -0.131. The topological polar surface area (TPSA) is 124 Å². The maximum atomic E-state index is 12.5. The average Bonchev–Trinajstić information content (AvgIpc) is 2.92. The van der Waals surface area contributed by atoms with Gasteiger partial charge in [-0.25, -0.2) is 0 Å². The van der Waals surface area contributed by atoms with E-state index in [4.69, 9.17) is 0 Å². The summed E-state index contributed by atoms with van der Waals surface area (Å²) >= 11 is 0. The van der Waals surface area contributed by atoms with E-state index in [0.29, 0.717) is 25.7 Å². The molecule has 0 radical (unpaired) electrons. The Labute approximate surface area is 253 Å². The van der Waals surface area contributed by atoms with Crippen LogP contribution in [-0.2, 0) is 14.9 Å². The van der Waals surface area contributed by atoms with Crippen LogP contribution in [0.2, 0.25) is 0 Å². The number of nitrogens with one attached hydrogen (secondary N) is 1. The normalized spacial score (nSPS) is 14.4. The van der Waals surface area contributed by atoms with Crippen LogP contribution < -0.4 is 5.32 Å². The van der Waals surface area contributed by atoms with Crippen molar-refractivity contribution in [1.29, 1.82) is 0 Å². The summed E-state index contributed by atoms with van der Waals surface area (Å²) in [5.41, 5.74) is 0. The number of rotatable bonds is 30. The van der Waals surface area contributed by atoms with Crippen molar-refractivity contribution in [2.45, 2.75) is 186 Å². The van der Waals surface area contributed by atoms with Crippen LogP contribution in [0.1, 0.15) is 168 Å². The van der Waals surface area contributed by atoms with Crippen LogP contribution in [0.5, 0.6) is 0 Å². The maximum Gasteiger partial charge on any atom is 0.266 e. The third-order valence-electron chi connectivity index (χ3n) is 7.83. The highest BCUT2D eigenvalue weighted by Crippen LogP contribution is 2.15. The molecule has 0 heterocycles. The summed E-state index contributed by atoms with van der Waals surface area (Å²) in [6, 6.07) is -1.14. The van der Waals surface area contributed by atoms with Gasteiger partial charge in [0.25, 0.3) is 10.1 Å². The first kappa shape index (κ1) is 40.0. The summed E-state index contributed by atoms with van der Waals surface area (Å²) in [7, 11) is -4.40. The predicted molar refractivity (Wildman–Crippen MR) is 172 cm³/mol. The Morgan fingerprint density at radius 3 is 1.49 bits per heavy atom. The molecular formula is C33H65NO6S. The number of carbonyl (C=O) groups excluding carboxylic acids is 1. The maximum absolute atomic E-state index is 12.5. The predicted octanol–water partition coefficient (Wildman–Crippen LogP) is 8.04. The summed E-state index contributed by atoms with van der Waals surface area (Å²) in [4.78, 5) is 12.5. The first-order chi connectivity index (χ1) is 19.7. The Bertz CT molecular complexity index is 727. The summed E-state index contributed by atoms with van der Waals surface area (Å²) in [5, 5.41) is 23.3. The second-order valence-corrected chi connectivity index (χ2v) is 13.4. The fourth-order valence-electron chi connectivity index (χ4n) is 5.16. The van der Waals surface area contributed by atoms with Crippen molar-refractivity contribution in [3.8, 4) is 0 Å². The third kappa shape index (κ3) is 27.6. The number of hydrogen-bond donors (Lipinski definition) is 4. The van der Waals surface area contributed by atoms with Gasteiger partial charge in [-0.2, -0.15) is 8.42 Å². The molecule has 1 amide bonds. The molecular weight excluding hydrogens is 538 g/mol. The van der Waals surface area contributed by atoms with Crippen LogP contribution >= 0.6 is 0 Å². The van der Waals surface area contributed by atoms with E-state index in [0.717, 1.165) is 44.9 Å². The molecule has 7 nitrogen and oxygen atoms in total. The number of amides is 1. The Balaban J connectivity index is 4.10. The molecule has 4 N–H and O–H groups in total. The molecule has 0 aliphatic heterocycles. The van der Waals surface area contributed by atoms with Gasteiger partial charge in [-0.15, -0.1) is 0 Å². The molecule has 0 saturated heterocycles. The van der Waals surface area contributed by atoms with Gasteiger partial charge in [0.15, 0.2) is 0 Å². The molecule has 8 heteroatoms. The number of unbranched alkanes of at least 4 members (excludes halogenated alkanes) is 19. The summed E-state index contributed by atoms with van der Waals surface area (Å²) < 4.78 is 32.3. The molecule has 0 bridgehead atoms. The van der Waals surface area contributed by atoms with Crippen LogP contribution in [-0.4, -0.2) is 53.1 Å². The lowest BCUT2D eigenvalue weighted by atomic mass is 10.0. The van der Waals surface area contributed by atoms with Gasteiger partial charge in [0.1, 0.15) is 6.10 Å². The minimum Gasteiger partial charge on any atom is -0.391 e. The third-order valence-corrected chi connectivity index (χ3v) is 8.61. The van der Waals surface area contributed by atoms with Gasteiger partial charge < -0.3 is 15.5 Å². The van der Waals surface area contributed by atoms with E-state index in [9.17, 15) is 28.0 Å². The van der Waals surface area contributed by atoms with Crippen molar-refractivity contribution < 1.29 is 28.0 Å². The highest BCUT2D eigenvalue weighted by molar-refractivity contribution is 7.85. The summed E-state index contributed by atoms with van der Waals surface area (Å²) in [6.07, 6.45) is 28.0. The lowest BCUT2D eigenvalue weighted by Gasteiger charge is -2.24. The Hall–Kier alpha value is -0.960. The Morgan fingerprint density at radius 2 is 1.02 bits per heavy atom. The van der Waals surface area contributed by atoms with Crippen molar-refractivity contribution in [3.63, 3.8) is 0 Å². The molecule has 0 fully saturated rings. The number of carbonyl (C=O) groups is 1. The minimum atomic E-state index is -4.40. The molecule has 0 rings (SSSR count). The second-order valence-electron chi connectivity index (χ2n) is 11.9. The molecule has 0 aromatic rings. The molecule has 41 heavy (non-hydrogen) atoms. The zero-order valence-corrected chi connectivity index (χ0v) is 27.4.